The van der Waals surface area contributed by atoms with Crippen LogP contribution in [0, 0.1) is 0 Å². The van der Waals surface area contributed by atoms with Crippen LogP contribution in [-0.4, -0.2) is 29.4 Å². The van der Waals surface area contributed by atoms with Gasteiger partial charge in [0.25, 0.3) is 5.91 Å². The molecule has 1 heterocycles. The van der Waals surface area contributed by atoms with E-state index in [1.54, 1.807) is 5.38 Å². The van der Waals surface area contributed by atoms with E-state index in [1.807, 2.05) is 6.92 Å². The fourth-order valence-corrected chi connectivity index (χ4v) is 2.12. The summed E-state index contributed by atoms with van der Waals surface area (Å²) in [5.74, 6) is -0.502. The van der Waals surface area contributed by atoms with Gasteiger partial charge in [-0.1, -0.05) is 0 Å². The van der Waals surface area contributed by atoms with Crippen molar-refractivity contribution < 1.29 is 9.59 Å². The fourth-order valence-electron chi connectivity index (χ4n) is 1.36. The third-order valence-electron chi connectivity index (χ3n) is 2.50. The molecule has 1 fully saturated rings. The number of rotatable bonds is 5. The molecule has 2 amide bonds. The Morgan fingerprint density at radius 2 is 2.33 bits per heavy atom. The van der Waals surface area contributed by atoms with Crippen molar-refractivity contribution in [2.24, 2.45) is 5.73 Å². The Morgan fingerprint density at radius 1 is 1.61 bits per heavy atom. The highest BCUT2D eigenvalue weighted by atomic mass is 32.1. The van der Waals surface area contributed by atoms with E-state index in [-0.39, 0.29) is 24.4 Å². The van der Waals surface area contributed by atoms with Crippen LogP contribution in [0.15, 0.2) is 5.38 Å². The molecule has 2 rings (SSSR count). The van der Waals surface area contributed by atoms with E-state index in [0.29, 0.717) is 16.7 Å². The van der Waals surface area contributed by atoms with Crippen LogP contribution < -0.4 is 16.4 Å². The summed E-state index contributed by atoms with van der Waals surface area (Å²) in [6.45, 7) is 1.80. The average molecular weight is 268 g/mol. The summed E-state index contributed by atoms with van der Waals surface area (Å²) in [5, 5.41) is 7.69. The molecule has 1 aliphatic carbocycles. The van der Waals surface area contributed by atoms with E-state index in [1.165, 1.54) is 11.3 Å². The van der Waals surface area contributed by atoms with Gasteiger partial charge in [0.1, 0.15) is 10.7 Å². The van der Waals surface area contributed by atoms with Crippen molar-refractivity contribution >= 4 is 23.2 Å². The second kappa shape index (κ2) is 5.45. The second-order valence-corrected chi connectivity index (χ2v) is 5.27. The quantitative estimate of drug-likeness (QED) is 0.709. The lowest BCUT2D eigenvalue weighted by Crippen LogP contribution is -2.37. The molecule has 0 spiro atoms. The largest absolute Gasteiger partial charge is 0.352 e. The van der Waals surface area contributed by atoms with Crippen LogP contribution in [0.25, 0.3) is 0 Å². The van der Waals surface area contributed by atoms with Gasteiger partial charge in [0.05, 0.1) is 12.6 Å². The number of aromatic nitrogens is 1. The minimum atomic E-state index is -0.343. The SMILES string of the molecule is CC(N)c1nc(C(=O)NCC(=O)NC2CC2)cs1. The molecule has 1 unspecified atom stereocenters. The van der Waals surface area contributed by atoms with Gasteiger partial charge in [-0.3, -0.25) is 9.59 Å². The molecule has 18 heavy (non-hydrogen) atoms. The maximum Gasteiger partial charge on any atom is 0.271 e. The molecule has 1 aromatic heterocycles. The molecule has 1 atom stereocenters. The lowest BCUT2D eigenvalue weighted by molar-refractivity contribution is -0.120. The molecule has 6 nitrogen and oxygen atoms in total. The van der Waals surface area contributed by atoms with E-state index < -0.39 is 0 Å². The van der Waals surface area contributed by atoms with Crippen molar-refractivity contribution in [3.8, 4) is 0 Å². The van der Waals surface area contributed by atoms with Gasteiger partial charge < -0.3 is 16.4 Å². The van der Waals surface area contributed by atoms with E-state index in [9.17, 15) is 9.59 Å². The fraction of sp³-hybridized carbons (Fsp3) is 0.545. The van der Waals surface area contributed by atoms with E-state index in [2.05, 4.69) is 15.6 Å². The molecule has 1 aromatic rings. The number of thiazole rings is 1. The highest BCUT2D eigenvalue weighted by molar-refractivity contribution is 7.09. The molecular formula is C11H16N4O2S. The van der Waals surface area contributed by atoms with Crippen molar-refractivity contribution in [3.63, 3.8) is 0 Å². The zero-order valence-electron chi connectivity index (χ0n) is 10.1. The first-order chi connectivity index (χ1) is 8.56. The highest BCUT2D eigenvalue weighted by Gasteiger charge is 2.23. The normalized spacial score (nSPS) is 16.1. The van der Waals surface area contributed by atoms with Crippen LogP contribution >= 0.6 is 11.3 Å². The molecule has 0 aromatic carbocycles. The molecule has 1 saturated carbocycles. The summed E-state index contributed by atoms with van der Waals surface area (Å²) in [4.78, 5) is 27.2. The van der Waals surface area contributed by atoms with Crippen LogP contribution in [0.4, 0.5) is 0 Å². The smallest absolute Gasteiger partial charge is 0.271 e. The molecule has 7 heteroatoms. The Bertz CT molecular complexity index is 454. The van der Waals surface area contributed by atoms with Gasteiger partial charge in [-0.25, -0.2) is 4.98 Å². The van der Waals surface area contributed by atoms with Gasteiger partial charge >= 0.3 is 0 Å². The monoisotopic (exact) mass is 268 g/mol. The average Bonchev–Trinajstić information content (AvgIpc) is 2.98. The number of nitrogens with two attached hydrogens (primary N) is 1. The molecule has 0 radical (unpaired) electrons. The van der Waals surface area contributed by atoms with Crippen LogP contribution in [0.3, 0.4) is 0 Å². The van der Waals surface area contributed by atoms with Crippen LogP contribution in [-0.2, 0) is 4.79 Å². The predicted molar refractivity (Wildman–Crippen MR) is 68.2 cm³/mol. The van der Waals surface area contributed by atoms with Crippen LogP contribution in [0.5, 0.6) is 0 Å². The van der Waals surface area contributed by atoms with Crippen molar-refractivity contribution in [1.29, 1.82) is 0 Å². The lowest BCUT2D eigenvalue weighted by atomic mass is 10.4. The number of nitrogens with zero attached hydrogens (tertiary/aromatic N) is 1. The van der Waals surface area contributed by atoms with Crippen LogP contribution in [0.2, 0.25) is 0 Å². The summed E-state index contributed by atoms with van der Waals surface area (Å²) < 4.78 is 0. The van der Waals surface area contributed by atoms with Gasteiger partial charge in [-0.05, 0) is 19.8 Å². The molecule has 4 N–H and O–H groups in total. The molecule has 98 valence electrons. The number of hydrogen-bond donors (Lipinski definition) is 3. The van der Waals surface area contributed by atoms with Gasteiger partial charge in [-0.2, -0.15) is 0 Å². The van der Waals surface area contributed by atoms with Gasteiger partial charge in [0.15, 0.2) is 0 Å². The molecule has 0 saturated heterocycles. The number of amides is 2. The molecule has 0 aliphatic heterocycles. The Balaban J connectivity index is 1.80. The third kappa shape index (κ3) is 3.51. The topological polar surface area (TPSA) is 97.1 Å². The van der Waals surface area contributed by atoms with Crippen molar-refractivity contribution in [2.45, 2.75) is 31.8 Å². The molecule has 0 bridgehead atoms. The van der Waals surface area contributed by atoms with Gasteiger partial charge in [0.2, 0.25) is 5.91 Å². The number of nitrogens with one attached hydrogen (secondary N) is 2. The minimum absolute atomic E-state index is 0.0135. The minimum Gasteiger partial charge on any atom is -0.352 e. The molecular weight excluding hydrogens is 252 g/mol. The first-order valence-electron chi connectivity index (χ1n) is 5.85. The predicted octanol–water partition coefficient (Wildman–Crippen LogP) is 0.171. The summed E-state index contributed by atoms with van der Waals surface area (Å²) in [7, 11) is 0. The third-order valence-corrected chi connectivity index (χ3v) is 3.54. The maximum absolute atomic E-state index is 11.7. The van der Waals surface area contributed by atoms with Gasteiger partial charge in [0, 0.05) is 11.4 Å². The summed E-state index contributed by atoms with van der Waals surface area (Å²) in [5.41, 5.74) is 5.97. The van der Waals surface area contributed by atoms with Crippen molar-refractivity contribution in [3.05, 3.63) is 16.1 Å². The summed E-state index contributed by atoms with van der Waals surface area (Å²) in [6.07, 6.45) is 2.06. The van der Waals surface area contributed by atoms with Crippen molar-refractivity contribution in [1.82, 2.24) is 15.6 Å². The first kappa shape index (κ1) is 13.0. The first-order valence-corrected chi connectivity index (χ1v) is 6.73. The maximum atomic E-state index is 11.7. The second-order valence-electron chi connectivity index (χ2n) is 4.38. The van der Waals surface area contributed by atoms with E-state index in [0.717, 1.165) is 12.8 Å². The number of carbonyl (C=O) groups excluding carboxylic acids is 2. The van der Waals surface area contributed by atoms with Crippen LogP contribution in [0.1, 0.15) is 41.3 Å². The summed E-state index contributed by atoms with van der Waals surface area (Å²) >= 11 is 1.34. The number of hydrogen-bond acceptors (Lipinski definition) is 5. The van der Waals surface area contributed by atoms with E-state index in [4.69, 9.17) is 5.73 Å². The Kier molecular flexibility index (Phi) is 3.93. The van der Waals surface area contributed by atoms with E-state index >= 15 is 0 Å². The van der Waals surface area contributed by atoms with Crippen molar-refractivity contribution in [2.75, 3.05) is 6.54 Å². The Labute approximate surface area is 109 Å². The number of carbonyl (C=O) groups is 2. The zero-order valence-corrected chi connectivity index (χ0v) is 10.9. The zero-order chi connectivity index (χ0) is 13.1. The summed E-state index contributed by atoms with van der Waals surface area (Å²) in [6, 6.07) is 0.119. The Morgan fingerprint density at radius 3 is 2.89 bits per heavy atom. The Hall–Kier alpha value is -1.47. The lowest BCUT2D eigenvalue weighted by Gasteiger charge is -2.04. The molecule has 1 aliphatic rings. The highest BCUT2D eigenvalue weighted by Crippen LogP contribution is 2.18. The standard InChI is InChI=1S/C11H16N4O2S/c1-6(12)11-15-8(5-18-11)10(17)13-4-9(16)14-7-2-3-7/h5-7H,2-4,12H2,1H3,(H,13,17)(H,14,16). The van der Waals surface area contributed by atoms with Gasteiger partial charge in [-0.15, -0.1) is 11.3 Å².